The zero-order valence-corrected chi connectivity index (χ0v) is 12.3. The zero-order valence-electron chi connectivity index (χ0n) is 11.5. The molecule has 102 valence electrons. The van der Waals surface area contributed by atoms with Gasteiger partial charge in [-0.15, -0.1) is 0 Å². The Bertz CT molecular complexity index is 217. The first-order valence-electron chi connectivity index (χ1n) is 6.91. The summed E-state index contributed by atoms with van der Waals surface area (Å²) in [6, 6.07) is 0.730. The van der Waals surface area contributed by atoms with Crippen LogP contribution in [0.25, 0.3) is 0 Å². The third-order valence-electron chi connectivity index (χ3n) is 3.71. The molecule has 1 saturated carbocycles. The van der Waals surface area contributed by atoms with Crippen LogP contribution in [0.4, 0.5) is 0 Å². The molecular formula is C13H27NO2S. The number of methoxy groups -OCH3 is 1. The SMILES string of the molecule is CC.COC1CCC(N2CCS(=O)CC2)CC1. The molecule has 2 aliphatic rings. The van der Waals surface area contributed by atoms with Gasteiger partial charge in [0, 0.05) is 48.5 Å². The minimum Gasteiger partial charge on any atom is -0.381 e. The maximum atomic E-state index is 11.3. The lowest BCUT2D eigenvalue weighted by Crippen LogP contribution is -2.46. The average Bonchev–Trinajstić information content (AvgIpc) is 2.42. The van der Waals surface area contributed by atoms with E-state index in [2.05, 4.69) is 4.90 Å². The molecule has 0 radical (unpaired) electrons. The topological polar surface area (TPSA) is 29.5 Å². The Kier molecular flexibility index (Phi) is 7.32. The van der Waals surface area contributed by atoms with Crippen LogP contribution in [0.1, 0.15) is 39.5 Å². The van der Waals surface area contributed by atoms with Crippen molar-refractivity contribution < 1.29 is 8.95 Å². The van der Waals surface area contributed by atoms with E-state index < -0.39 is 10.8 Å². The molecule has 4 heteroatoms. The molecule has 17 heavy (non-hydrogen) atoms. The molecule has 3 nitrogen and oxygen atoms in total. The summed E-state index contributed by atoms with van der Waals surface area (Å²) in [6.45, 7) is 6.07. The van der Waals surface area contributed by atoms with Gasteiger partial charge in [-0.3, -0.25) is 9.11 Å². The predicted octanol–water partition coefficient (Wildman–Crippen LogP) is 2.03. The van der Waals surface area contributed by atoms with E-state index in [-0.39, 0.29) is 0 Å². The van der Waals surface area contributed by atoms with Crippen LogP contribution in [0.3, 0.4) is 0 Å². The standard InChI is InChI=1S/C11H21NO2S.C2H6/c1-14-11-4-2-10(3-5-11)12-6-8-15(13)9-7-12;1-2/h10-11H,2-9H2,1H3;1-2H3. The highest BCUT2D eigenvalue weighted by molar-refractivity contribution is 7.85. The van der Waals surface area contributed by atoms with Gasteiger partial charge in [0.25, 0.3) is 0 Å². The fraction of sp³-hybridized carbons (Fsp3) is 1.00. The highest BCUT2D eigenvalue weighted by Gasteiger charge is 2.27. The van der Waals surface area contributed by atoms with Gasteiger partial charge in [-0.25, -0.2) is 0 Å². The lowest BCUT2D eigenvalue weighted by Gasteiger charge is -2.38. The monoisotopic (exact) mass is 261 g/mol. The van der Waals surface area contributed by atoms with Crippen molar-refractivity contribution in [2.75, 3.05) is 31.7 Å². The fourth-order valence-electron chi connectivity index (χ4n) is 2.66. The lowest BCUT2D eigenvalue weighted by atomic mass is 9.92. The molecule has 2 fully saturated rings. The summed E-state index contributed by atoms with van der Waals surface area (Å²) in [5.41, 5.74) is 0. The molecule has 0 unspecified atom stereocenters. The maximum Gasteiger partial charge on any atom is 0.0572 e. The van der Waals surface area contributed by atoms with Crippen LogP contribution in [-0.2, 0) is 15.5 Å². The third kappa shape index (κ3) is 4.68. The van der Waals surface area contributed by atoms with Crippen LogP contribution >= 0.6 is 0 Å². The van der Waals surface area contributed by atoms with Crippen LogP contribution < -0.4 is 0 Å². The van der Waals surface area contributed by atoms with Gasteiger partial charge in [-0.1, -0.05) is 13.8 Å². The van der Waals surface area contributed by atoms with E-state index in [1.807, 2.05) is 21.0 Å². The molecule has 1 aliphatic carbocycles. The van der Waals surface area contributed by atoms with Crippen molar-refractivity contribution in [3.8, 4) is 0 Å². The van der Waals surface area contributed by atoms with Gasteiger partial charge in [0.1, 0.15) is 0 Å². The van der Waals surface area contributed by atoms with E-state index in [1.54, 1.807) is 0 Å². The second kappa shape index (κ2) is 8.22. The van der Waals surface area contributed by atoms with Crippen molar-refractivity contribution in [2.45, 2.75) is 51.7 Å². The minimum absolute atomic E-state index is 0.486. The van der Waals surface area contributed by atoms with Gasteiger partial charge in [0.15, 0.2) is 0 Å². The van der Waals surface area contributed by atoms with Gasteiger partial charge >= 0.3 is 0 Å². The Morgan fingerprint density at radius 3 is 2.06 bits per heavy atom. The molecule has 0 N–H and O–H groups in total. The summed E-state index contributed by atoms with van der Waals surface area (Å²) >= 11 is 0. The van der Waals surface area contributed by atoms with E-state index >= 15 is 0 Å². The fourth-order valence-corrected chi connectivity index (χ4v) is 3.74. The van der Waals surface area contributed by atoms with Crippen LogP contribution in [0, 0.1) is 0 Å². The quantitative estimate of drug-likeness (QED) is 0.762. The van der Waals surface area contributed by atoms with Gasteiger partial charge in [-0.05, 0) is 25.7 Å². The summed E-state index contributed by atoms with van der Waals surface area (Å²) < 4.78 is 16.6. The average molecular weight is 261 g/mol. The molecule has 1 heterocycles. The summed E-state index contributed by atoms with van der Waals surface area (Å²) in [6.07, 6.45) is 5.39. The first kappa shape index (κ1) is 15.1. The molecule has 0 aromatic rings. The van der Waals surface area contributed by atoms with Gasteiger partial charge in [-0.2, -0.15) is 0 Å². The van der Waals surface area contributed by atoms with E-state index in [4.69, 9.17) is 4.74 Å². The van der Waals surface area contributed by atoms with E-state index in [0.717, 1.165) is 30.6 Å². The number of hydrogen-bond donors (Lipinski definition) is 0. The van der Waals surface area contributed by atoms with Crippen molar-refractivity contribution in [3.05, 3.63) is 0 Å². The molecule has 0 bridgehead atoms. The van der Waals surface area contributed by atoms with E-state index in [1.165, 1.54) is 25.7 Å². The molecule has 0 amide bonds. The molecule has 1 aliphatic heterocycles. The van der Waals surface area contributed by atoms with Gasteiger partial charge in [0.2, 0.25) is 0 Å². The first-order valence-corrected chi connectivity index (χ1v) is 8.40. The second-order valence-electron chi connectivity index (χ2n) is 4.55. The van der Waals surface area contributed by atoms with Crippen molar-refractivity contribution in [2.24, 2.45) is 0 Å². The van der Waals surface area contributed by atoms with Crippen LogP contribution in [0.2, 0.25) is 0 Å². The summed E-state index contributed by atoms with van der Waals surface area (Å²) in [5.74, 6) is 1.76. The maximum absolute atomic E-state index is 11.3. The van der Waals surface area contributed by atoms with E-state index in [0.29, 0.717) is 6.10 Å². The van der Waals surface area contributed by atoms with E-state index in [9.17, 15) is 4.21 Å². The third-order valence-corrected chi connectivity index (χ3v) is 4.98. The zero-order chi connectivity index (χ0) is 12.7. The summed E-state index contributed by atoms with van der Waals surface area (Å²) in [4.78, 5) is 2.54. The molecule has 0 atom stereocenters. The van der Waals surface area contributed by atoms with Crippen molar-refractivity contribution in [3.63, 3.8) is 0 Å². The Morgan fingerprint density at radius 2 is 1.59 bits per heavy atom. The summed E-state index contributed by atoms with van der Waals surface area (Å²) in [5, 5.41) is 0. The van der Waals surface area contributed by atoms with Gasteiger partial charge in [0.05, 0.1) is 6.10 Å². The Labute approximate surface area is 108 Å². The smallest absolute Gasteiger partial charge is 0.0572 e. The number of hydrogen-bond acceptors (Lipinski definition) is 3. The van der Waals surface area contributed by atoms with Crippen molar-refractivity contribution in [1.82, 2.24) is 4.90 Å². The molecule has 1 saturated heterocycles. The largest absolute Gasteiger partial charge is 0.381 e. The molecule has 2 rings (SSSR count). The molecule has 0 aromatic heterocycles. The number of ether oxygens (including phenoxy) is 1. The summed E-state index contributed by atoms with van der Waals surface area (Å²) in [7, 11) is 1.27. The lowest BCUT2D eigenvalue weighted by molar-refractivity contribution is 0.0406. The second-order valence-corrected chi connectivity index (χ2v) is 6.25. The Balaban J connectivity index is 0.000000686. The van der Waals surface area contributed by atoms with Crippen LogP contribution in [0.5, 0.6) is 0 Å². The Hall–Kier alpha value is 0.0700. The predicted molar refractivity (Wildman–Crippen MR) is 73.9 cm³/mol. The Morgan fingerprint density at radius 1 is 1.06 bits per heavy atom. The van der Waals surface area contributed by atoms with Crippen LogP contribution in [-0.4, -0.2) is 53.0 Å². The minimum atomic E-state index is -0.540. The van der Waals surface area contributed by atoms with Crippen LogP contribution in [0.15, 0.2) is 0 Å². The highest BCUT2D eigenvalue weighted by atomic mass is 32.2. The normalized spacial score (nSPS) is 31.7. The number of rotatable bonds is 2. The van der Waals surface area contributed by atoms with Gasteiger partial charge < -0.3 is 4.74 Å². The molecular weight excluding hydrogens is 234 g/mol. The highest BCUT2D eigenvalue weighted by Crippen LogP contribution is 2.25. The molecule has 0 spiro atoms. The first-order chi connectivity index (χ1) is 8.29. The molecule has 0 aromatic carbocycles. The number of nitrogens with zero attached hydrogens (tertiary/aromatic N) is 1. The van der Waals surface area contributed by atoms with Crippen molar-refractivity contribution >= 4 is 10.8 Å². The van der Waals surface area contributed by atoms with Crippen molar-refractivity contribution in [1.29, 1.82) is 0 Å².